The van der Waals surface area contributed by atoms with E-state index in [0.717, 1.165) is 10.0 Å². The van der Waals surface area contributed by atoms with E-state index in [9.17, 15) is 0 Å². The van der Waals surface area contributed by atoms with Crippen LogP contribution in [0.25, 0.3) is 0 Å². The van der Waals surface area contributed by atoms with E-state index in [4.69, 9.17) is 4.74 Å². The molecule has 82 valence electrons. The van der Waals surface area contributed by atoms with Crippen LogP contribution in [0.3, 0.4) is 0 Å². The first kappa shape index (κ1) is 11.8. The van der Waals surface area contributed by atoms with Gasteiger partial charge in [-0.15, -0.1) is 0 Å². The summed E-state index contributed by atoms with van der Waals surface area (Å²) in [6.07, 6.45) is 1.69. The maximum atomic E-state index is 5.60. The molecule has 0 N–H and O–H groups in total. The van der Waals surface area contributed by atoms with Crippen molar-refractivity contribution in [3.8, 4) is 5.88 Å². The Balaban J connectivity index is 2.08. The number of hydrogen-bond acceptors (Lipinski definition) is 3. The zero-order valence-electron chi connectivity index (χ0n) is 8.23. The number of ether oxygens (including phenoxy) is 1. The van der Waals surface area contributed by atoms with Crippen molar-refractivity contribution < 1.29 is 4.74 Å². The molecule has 0 radical (unpaired) electrons. The van der Waals surface area contributed by atoms with Crippen LogP contribution in [0.5, 0.6) is 5.88 Å². The predicted octanol–water partition coefficient (Wildman–Crippen LogP) is 3.42. The van der Waals surface area contributed by atoms with E-state index >= 15 is 0 Å². The number of benzene rings is 1. The van der Waals surface area contributed by atoms with E-state index in [2.05, 4.69) is 48.5 Å². The van der Waals surface area contributed by atoms with Crippen LogP contribution in [-0.2, 0) is 6.61 Å². The summed E-state index contributed by atoms with van der Waals surface area (Å²) >= 11 is 5.40. The molecule has 0 amide bonds. The van der Waals surface area contributed by atoms with Crippen LogP contribution >= 0.6 is 38.5 Å². The molecule has 3 nitrogen and oxygen atoms in total. The van der Waals surface area contributed by atoms with Gasteiger partial charge in [0.1, 0.15) is 6.61 Å². The minimum atomic E-state index is 0.506. The molecular weight excluding hydrogens is 383 g/mol. The summed E-state index contributed by atoms with van der Waals surface area (Å²) in [7, 11) is 0. The van der Waals surface area contributed by atoms with Crippen LogP contribution in [0.1, 0.15) is 5.56 Å². The van der Waals surface area contributed by atoms with E-state index in [-0.39, 0.29) is 0 Å². The standard InChI is InChI=1S/C11H8BrIN2O/c12-9-6-14-11(13)15-10(9)16-7-8-4-2-1-3-5-8/h1-6H,7H2. The van der Waals surface area contributed by atoms with Gasteiger partial charge in [0, 0.05) is 28.8 Å². The molecule has 0 atom stereocenters. The molecule has 5 heteroatoms. The summed E-state index contributed by atoms with van der Waals surface area (Å²) in [4.78, 5) is 8.24. The third-order valence-electron chi connectivity index (χ3n) is 1.90. The van der Waals surface area contributed by atoms with Crippen LogP contribution in [-0.4, -0.2) is 9.97 Å². The second-order valence-electron chi connectivity index (χ2n) is 3.07. The Hall–Kier alpha value is -0.690. The lowest BCUT2D eigenvalue weighted by molar-refractivity contribution is 0.290. The lowest BCUT2D eigenvalue weighted by Crippen LogP contribution is -1.99. The van der Waals surface area contributed by atoms with Gasteiger partial charge in [-0.05, 0) is 21.5 Å². The molecule has 2 aromatic rings. The molecular formula is C11H8BrIN2O. The van der Waals surface area contributed by atoms with E-state index in [1.165, 1.54) is 0 Å². The van der Waals surface area contributed by atoms with Gasteiger partial charge in [0.2, 0.25) is 5.88 Å². The lowest BCUT2D eigenvalue weighted by atomic mass is 10.2. The van der Waals surface area contributed by atoms with Crippen molar-refractivity contribution in [2.24, 2.45) is 0 Å². The van der Waals surface area contributed by atoms with Gasteiger partial charge in [0.15, 0.2) is 3.83 Å². The van der Waals surface area contributed by atoms with Crippen LogP contribution < -0.4 is 4.74 Å². The van der Waals surface area contributed by atoms with Gasteiger partial charge < -0.3 is 4.74 Å². The van der Waals surface area contributed by atoms with Gasteiger partial charge in [0.05, 0.1) is 4.47 Å². The molecule has 1 heterocycles. The van der Waals surface area contributed by atoms with E-state index in [0.29, 0.717) is 16.3 Å². The molecule has 0 aliphatic rings. The first-order valence-corrected chi connectivity index (χ1v) is 6.47. The topological polar surface area (TPSA) is 35.0 Å². The fourth-order valence-corrected chi connectivity index (χ4v) is 1.82. The Kier molecular flexibility index (Phi) is 4.11. The minimum Gasteiger partial charge on any atom is -0.472 e. The molecule has 0 saturated carbocycles. The number of nitrogens with zero attached hydrogens (tertiary/aromatic N) is 2. The average molecular weight is 391 g/mol. The Labute approximate surface area is 116 Å². The zero-order valence-corrected chi connectivity index (χ0v) is 12.0. The summed E-state index contributed by atoms with van der Waals surface area (Å²) in [5, 5.41) is 0. The fourth-order valence-electron chi connectivity index (χ4n) is 1.16. The van der Waals surface area contributed by atoms with Gasteiger partial charge >= 0.3 is 0 Å². The van der Waals surface area contributed by atoms with Crippen molar-refractivity contribution in [1.29, 1.82) is 0 Å². The predicted molar refractivity (Wildman–Crippen MR) is 73.2 cm³/mol. The maximum absolute atomic E-state index is 5.60. The van der Waals surface area contributed by atoms with Crippen LogP contribution in [0.2, 0.25) is 0 Å². The fraction of sp³-hybridized carbons (Fsp3) is 0.0909. The molecule has 2 rings (SSSR count). The molecule has 16 heavy (non-hydrogen) atoms. The highest BCUT2D eigenvalue weighted by molar-refractivity contribution is 14.1. The van der Waals surface area contributed by atoms with E-state index in [1.807, 2.05) is 30.3 Å². The third-order valence-corrected chi connectivity index (χ3v) is 2.96. The van der Waals surface area contributed by atoms with Crippen LogP contribution in [0, 0.1) is 3.83 Å². The number of halogens is 2. The van der Waals surface area contributed by atoms with Gasteiger partial charge in [-0.3, -0.25) is 0 Å². The number of hydrogen-bond donors (Lipinski definition) is 0. The van der Waals surface area contributed by atoms with E-state index < -0.39 is 0 Å². The number of rotatable bonds is 3. The van der Waals surface area contributed by atoms with E-state index in [1.54, 1.807) is 6.20 Å². The second kappa shape index (κ2) is 5.58. The molecule has 0 spiro atoms. The molecule has 1 aromatic carbocycles. The summed E-state index contributed by atoms with van der Waals surface area (Å²) in [5.74, 6) is 0.572. The lowest BCUT2D eigenvalue weighted by Gasteiger charge is -2.06. The molecule has 0 aliphatic carbocycles. The summed E-state index contributed by atoms with van der Waals surface area (Å²) < 4.78 is 7.04. The van der Waals surface area contributed by atoms with Crippen LogP contribution in [0.15, 0.2) is 41.0 Å². The Bertz CT molecular complexity index is 479. The zero-order chi connectivity index (χ0) is 11.4. The highest BCUT2D eigenvalue weighted by Crippen LogP contribution is 2.22. The summed E-state index contributed by atoms with van der Waals surface area (Å²) in [6, 6.07) is 9.97. The molecule has 1 aromatic heterocycles. The largest absolute Gasteiger partial charge is 0.472 e. The molecule has 0 fully saturated rings. The Morgan fingerprint density at radius 1 is 1.25 bits per heavy atom. The van der Waals surface area contributed by atoms with Crippen molar-refractivity contribution in [2.45, 2.75) is 6.61 Å². The van der Waals surface area contributed by atoms with Crippen molar-refractivity contribution in [3.63, 3.8) is 0 Å². The molecule has 0 bridgehead atoms. The summed E-state index contributed by atoms with van der Waals surface area (Å²) in [5.41, 5.74) is 1.11. The first-order chi connectivity index (χ1) is 7.75. The molecule has 0 unspecified atom stereocenters. The number of aromatic nitrogens is 2. The molecule has 0 saturated heterocycles. The third kappa shape index (κ3) is 3.15. The second-order valence-corrected chi connectivity index (χ2v) is 4.89. The quantitative estimate of drug-likeness (QED) is 0.595. The highest BCUT2D eigenvalue weighted by atomic mass is 127. The monoisotopic (exact) mass is 390 g/mol. The Morgan fingerprint density at radius 2 is 2.00 bits per heavy atom. The van der Waals surface area contributed by atoms with Gasteiger partial charge in [0.25, 0.3) is 0 Å². The smallest absolute Gasteiger partial charge is 0.232 e. The van der Waals surface area contributed by atoms with Gasteiger partial charge in [-0.25, -0.2) is 4.98 Å². The highest BCUT2D eigenvalue weighted by Gasteiger charge is 2.04. The molecule has 0 aliphatic heterocycles. The van der Waals surface area contributed by atoms with Crippen molar-refractivity contribution >= 4 is 38.5 Å². The van der Waals surface area contributed by atoms with Crippen LogP contribution in [0.4, 0.5) is 0 Å². The summed E-state index contributed by atoms with van der Waals surface area (Å²) in [6.45, 7) is 0.506. The average Bonchev–Trinajstić information content (AvgIpc) is 2.32. The van der Waals surface area contributed by atoms with Crippen molar-refractivity contribution in [2.75, 3.05) is 0 Å². The first-order valence-electron chi connectivity index (χ1n) is 4.60. The minimum absolute atomic E-state index is 0.506. The van der Waals surface area contributed by atoms with Crippen molar-refractivity contribution in [3.05, 3.63) is 50.4 Å². The Morgan fingerprint density at radius 3 is 2.75 bits per heavy atom. The SMILES string of the molecule is Brc1cnc(I)nc1OCc1ccccc1. The van der Waals surface area contributed by atoms with Gasteiger partial charge in [-0.1, -0.05) is 30.3 Å². The normalized spacial score (nSPS) is 10.1. The maximum Gasteiger partial charge on any atom is 0.232 e. The van der Waals surface area contributed by atoms with Gasteiger partial charge in [-0.2, -0.15) is 4.98 Å². The van der Waals surface area contributed by atoms with Crippen molar-refractivity contribution in [1.82, 2.24) is 9.97 Å².